The van der Waals surface area contributed by atoms with Crippen LogP contribution in [0.5, 0.6) is 0 Å². The number of hydrogen-bond donors (Lipinski definition) is 2. The molecule has 6 nitrogen and oxygen atoms in total. The van der Waals surface area contributed by atoms with Crippen LogP contribution in [0.1, 0.15) is 10.4 Å². The van der Waals surface area contributed by atoms with Gasteiger partial charge in [0.15, 0.2) is 0 Å². The summed E-state index contributed by atoms with van der Waals surface area (Å²) in [6.07, 6.45) is 1.43. The number of carboxylic acids is 2. The molecule has 7 heteroatoms. The Hall–Kier alpha value is -1.60. The van der Waals surface area contributed by atoms with E-state index in [0.717, 1.165) is 11.8 Å². The molecule has 0 spiro atoms. The number of aliphatic carboxylic acids is 1. The molecule has 4 N–H and O–H groups in total. The molecule has 0 unspecified atom stereocenters. The van der Waals surface area contributed by atoms with Crippen LogP contribution in [0.4, 0.5) is 0 Å². The first-order valence-corrected chi connectivity index (χ1v) is 4.62. The zero-order valence-electron chi connectivity index (χ0n) is 7.51. The molecule has 0 saturated carbocycles. The van der Waals surface area contributed by atoms with E-state index in [1.165, 1.54) is 18.3 Å². The molecule has 0 aliphatic carbocycles. The molecular formula is C8H9NO5S. The van der Waals surface area contributed by atoms with Crippen molar-refractivity contribution in [2.45, 2.75) is 5.03 Å². The summed E-state index contributed by atoms with van der Waals surface area (Å²) in [5, 5.41) is 17.4. The largest absolute Gasteiger partial charge is 0.481 e. The second kappa shape index (κ2) is 5.99. The maximum Gasteiger partial charge on any atom is 0.338 e. The van der Waals surface area contributed by atoms with Gasteiger partial charge in [-0.05, 0) is 12.1 Å². The molecule has 82 valence electrons. The molecule has 0 aliphatic heterocycles. The first-order chi connectivity index (χ1) is 6.61. The Morgan fingerprint density at radius 1 is 1.40 bits per heavy atom. The van der Waals surface area contributed by atoms with Crippen LogP contribution < -0.4 is 0 Å². The van der Waals surface area contributed by atoms with Crippen molar-refractivity contribution in [2.75, 3.05) is 5.75 Å². The number of aromatic nitrogens is 1. The standard InChI is InChI=1S/C8H7NO4S.H2O/c10-6(11)4-14-7-5(8(12)13)2-1-3-9-7;/h1-3H,4H2,(H,10,11)(H,12,13);1H2. The minimum atomic E-state index is -1.11. The summed E-state index contributed by atoms with van der Waals surface area (Å²) in [7, 11) is 0. The van der Waals surface area contributed by atoms with Gasteiger partial charge in [0.05, 0.1) is 11.3 Å². The topological polar surface area (TPSA) is 119 Å². The van der Waals surface area contributed by atoms with E-state index in [0.29, 0.717) is 0 Å². The van der Waals surface area contributed by atoms with Crippen molar-refractivity contribution in [3.8, 4) is 0 Å². The Bertz CT molecular complexity index is 368. The van der Waals surface area contributed by atoms with Gasteiger partial charge in [-0.25, -0.2) is 9.78 Å². The van der Waals surface area contributed by atoms with Crippen molar-refractivity contribution in [2.24, 2.45) is 0 Å². The van der Waals surface area contributed by atoms with E-state index >= 15 is 0 Å². The van der Waals surface area contributed by atoms with Crippen LogP contribution >= 0.6 is 11.8 Å². The van der Waals surface area contributed by atoms with Crippen molar-refractivity contribution < 1.29 is 25.3 Å². The molecule has 0 bridgehead atoms. The van der Waals surface area contributed by atoms with Crippen LogP contribution in [-0.4, -0.2) is 38.4 Å². The van der Waals surface area contributed by atoms with Crippen LogP contribution in [0.2, 0.25) is 0 Å². The molecule has 0 aromatic carbocycles. The van der Waals surface area contributed by atoms with Crippen LogP contribution in [0.15, 0.2) is 23.4 Å². The van der Waals surface area contributed by atoms with Crippen molar-refractivity contribution in [1.82, 2.24) is 4.98 Å². The minimum Gasteiger partial charge on any atom is -0.481 e. The molecule has 0 radical (unpaired) electrons. The van der Waals surface area contributed by atoms with Crippen LogP contribution in [0, 0.1) is 0 Å². The molecule has 15 heavy (non-hydrogen) atoms. The van der Waals surface area contributed by atoms with Gasteiger partial charge in [-0.3, -0.25) is 4.79 Å². The number of aromatic carboxylic acids is 1. The number of carboxylic acid groups (broad SMARTS) is 2. The third kappa shape index (κ3) is 3.96. The lowest BCUT2D eigenvalue weighted by Crippen LogP contribution is -2.03. The Balaban J connectivity index is 0.00000196. The van der Waals surface area contributed by atoms with E-state index in [2.05, 4.69) is 4.98 Å². The molecule has 0 fully saturated rings. The van der Waals surface area contributed by atoms with Crippen molar-refractivity contribution in [3.05, 3.63) is 23.9 Å². The maximum atomic E-state index is 10.7. The SMILES string of the molecule is O.O=C(O)CSc1ncccc1C(=O)O. The molecule has 0 atom stereocenters. The second-order valence-electron chi connectivity index (χ2n) is 2.34. The van der Waals surface area contributed by atoms with Crippen molar-refractivity contribution in [1.29, 1.82) is 0 Å². The highest BCUT2D eigenvalue weighted by atomic mass is 32.2. The van der Waals surface area contributed by atoms with Crippen molar-refractivity contribution >= 4 is 23.7 Å². The Labute approximate surface area is 89.3 Å². The molecule has 1 rings (SSSR count). The monoisotopic (exact) mass is 231 g/mol. The summed E-state index contributed by atoms with van der Waals surface area (Å²) in [6.45, 7) is 0. The molecule has 0 aliphatic rings. The molecule has 1 aromatic rings. The summed E-state index contributed by atoms with van der Waals surface area (Å²) < 4.78 is 0. The lowest BCUT2D eigenvalue weighted by atomic mass is 10.3. The third-order valence-electron chi connectivity index (χ3n) is 1.33. The maximum absolute atomic E-state index is 10.7. The lowest BCUT2D eigenvalue weighted by molar-refractivity contribution is -0.133. The van der Waals surface area contributed by atoms with E-state index in [9.17, 15) is 9.59 Å². The average Bonchev–Trinajstić information content (AvgIpc) is 2.15. The van der Waals surface area contributed by atoms with Gasteiger partial charge < -0.3 is 15.7 Å². The summed E-state index contributed by atoms with van der Waals surface area (Å²) in [6, 6.07) is 2.88. The zero-order valence-corrected chi connectivity index (χ0v) is 8.32. The summed E-state index contributed by atoms with van der Waals surface area (Å²) in [5.74, 6) is -2.31. The average molecular weight is 231 g/mol. The van der Waals surface area contributed by atoms with Crippen LogP contribution in [0.25, 0.3) is 0 Å². The van der Waals surface area contributed by atoms with Gasteiger partial charge in [0.1, 0.15) is 5.03 Å². The fraction of sp³-hybridized carbons (Fsp3) is 0.125. The van der Waals surface area contributed by atoms with E-state index in [4.69, 9.17) is 10.2 Å². The third-order valence-corrected chi connectivity index (χ3v) is 2.32. The minimum absolute atomic E-state index is 0. The summed E-state index contributed by atoms with van der Waals surface area (Å²) in [4.78, 5) is 24.7. The number of rotatable bonds is 4. The number of carbonyl (C=O) groups is 2. The Kier molecular flexibility index (Phi) is 5.35. The summed E-state index contributed by atoms with van der Waals surface area (Å²) >= 11 is 0.892. The van der Waals surface area contributed by atoms with Gasteiger partial charge in [-0.2, -0.15) is 0 Å². The highest BCUT2D eigenvalue weighted by Crippen LogP contribution is 2.19. The van der Waals surface area contributed by atoms with Gasteiger partial charge in [0.2, 0.25) is 0 Å². The second-order valence-corrected chi connectivity index (χ2v) is 3.31. The molecule has 0 saturated heterocycles. The van der Waals surface area contributed by atoms with Crippen LogP contribution in [-0.2, 0) is 4.79 Å². The summed E-state index contributed by atoms with van der Waals surface area (Å²) in [5.41, 5.74) is 0.0266. The quantitative estimate of drug-likeness (QED) is 0.711. The molecular weight excluding hydrogens is 222 g/mol. The van der Waals surface area contributed by atoms with Gasteiger partial charge in [0.25, 0.3) is 0 Å². The zero-order chi connectivity index (χ0) is 10.6. The predicted molar refractivity (Wildman–Crippen MR) is 53.2 cm³/mol. The number of pyridine rings is 1. The normalized spacial score (nSPS) is 9.07. The fourth-order valence-corrected chi connectivity index (χ4v) is 1.51. The smallest absolute Gasteiger partial charge is 0.338 e. The highest BCUT2D eigenvalue weighted by molar-refractivity contribution is 7.99. The van der Waals surface area contributed by atoms with Gasteiger partial charge in [0, 0.05) is 6.20 Å². The first-order valence-electron chi connectivity index (χ1n) is 3.64. The van der Waals surface area contributed by atoms with E-state index in [1.54, 1.807) is 0 Å². The van der Waals surface area contributed by atoms with E-state index in [-0.39, 0.29) is 21.8 Å². The fourth-order valence-electron chi connectivity index (χ4n) is 0.799. The van der Waals surface area contributed by atoms with Gasteiger partial charge in [-0.1, -0.05) is 11.8 Å². The van der Waals surface area contributed by atoms with E-state index < -0.39 is 11.9 Å². The molecule has 1 heterocycles. The molecule has 0 amide bonds. The predicted octanol–water partition coefficient (Wildman–Crippen LogP) is 0.132. The number of hydrogen-bond acceptors (Lipinski definition) is 4. The Morgan fingerprint density at radius 2 is 2.07 bits per heavy atom. The highest BCUT2D eigenvalue weighted by Gasteiger charge is 2.11. The van der Waals surface area contributed by atoms with Gasteiger partial charge >= 0.3 is 11.9 Å². The van der Waals surface area contributed by atoms with Crippen LogP contribution in [0.3, 0.4) is 0 Å². The molecule has 1 aromatic heterocycles. The van der Waals surface area contributed by atoms with Gasteiger partial charge in [-0.15, -0.1) is 0 Å². The lowest BCUT2D eigenvalue weighted by Gasteiger charge is -2.01. The number of thioether (sulfide) groups is 1. The Morgan fingerprint density at radius 3 is 2.60 bits per heavy atom. The van der Waals surface area contributed by atoms with Crippen molar-refractivity contribution in [3.63, 3.8) is 0 Å². The van der Waals surface area contributed by atoms with E-state index in [1.807, 2.05) is 0 Å². The number of nitrogens with zero attached hydrogens (tertiary/aromatic N) is 1. The first kappa shape index (κ1) is 13.4.